The van der Waals surface area contributed by atoms with E-state index < -0.39 is 0 Å². The summed E-state index contributed by atoms with van der Waals surface area (Å²) in [5, 5.41) is 3.07. The Balaban J connectivity index is 0.00000243. The normalized spacial score (nSPS) is 10.9. The zero-order valence-corrected chi connectivity index (χ0v) is 16.8. The minimum Gasteiger partial charge on any atom is -0.497 e. The Kier molecular flexibility index (Phi) is 7.46. The third-order valence-electron chi connectivity index (χ3n) is 3.74. The van der Waals surface area contributed by atoms with Crippen LogP contribution in [0.5, 0.6) is 5.75 Å². The maximum Gasteiger partial charge on any atom is 0.193 e. The molecule has 1 aromatic heterocycles. The third-order valence-corrected chi connectivity index (χ3v) is 3.74. The number of methoxy groups -OCH3 is 1. The molecule has 26 heavy (non-hydrogen) atoms. The van der Waals surface area contributed by atoms with Gasteiger partial charge in [0.2, 0.25) is 0 Å². The molecule has 1 heterocycles. The second-order valence-electron chi connectivity index (χ2n) is 5.61. The van der Waals surface area contributed by atoms with Gasteiger partial charge >= 0.3 is 0 Å². The van der Waals surface area contributed by atoms with Crippen LogP contribution in [0.2, 0.25) is 0 Å². The lowest BCUT2D eigenvalue weighted by Gasteiger charge is -2.07. The lowest BCUT2D eigenvalue weighted by Crippen LogP contribution is -2.22. The Labute approximate surface area is 170 Å². The molecule has 6 nitrogen and oxygen atoms in total. The van der Waals surface area contributed by atoms with E-state index in [2.05, 4.69) is 39.6 Å². The van der Waals surface area contributed by atoms with Gasteiger partial charge in [-0.2, -0.15) is 0 Å². The van der Waals surface area contributed by atoms with Crippen molar-refractivity contribution in [3.8, 4) is 5.75 Å². The number of benzene rings is 2. The zero-order valence-electron chi connectivity index (χ0n) is 14.5. The SMILES string of the molecule is COc1ccc(NC(N)=NCc2ccc(Cn3ccnc3)cc2)cc1.I. The quantitative estimate of drug-likeness (QED) is 0.334. The highest BCUT2D eigenvalue weighted by Gasteiger charge is 1.98. The second kappa shape index (κ2) is 9.81. The summed E-state index contributed by atoms with van der Waals surface area (Å²) in [6.07, 6.45) is 5.54. The highest BCUT2D eigenvalue weighted by molar-refractivity contribution is 14.0. The molecule has 136 valence electrons. The molecule has 0 fully saturated rings. The fourth-order valence-electron chi connectivity index (χ4n) is 2.38. The van der Waals surface area contributed by atoms with Crippen LogP contribution in [0.15, 0.2) is 72.2 Å². The van der Waals surface area contributed by atoms with Gasteiger partial charge in [0.05, 0.1) is 20.0 Å². The largest absolute Gasteiger partial charge is 0.497 e. The third kappa shape index (κ3) is 5.76. The van der Waals surface area contributed by atoms with Crippen molar-refractivity contribution in [1.82, 2.24) is 9.55 Å². The van der Waals surface area contributed by atoms with Gasteiger partial charge in [0.15, 0.2) is 5.96 Å². The zero-order chi connectivity index (χ0) is 17.5. The number of halogens is 1. The minimum atomic E-state index is 0. The van der Waals surface area contributed by atoms with Crippen molar-refractivity contribution in [3.05, 3.63) is 78.4 Å². The van der Waals surface area contributed by atoms with E-state index in [0.29, 0.717) is 12.5 Å². The van der Waals surface area contributed by atoms with E-state index in [-0.39, 0.29) is 24.0 Å². The number of nitrogens with two attached hydrogens (primary N) is 1. The highest BCUT2D eigenvalue weighted by Crippen LogP contribution is 2.14. The number of anilines is 1. The number of imidazole rings is 1. The molecule has 0 aliphatic carbocycles. The molecule has 0 radical (unpaired) electrons. The van der Waals surface area contributed by atoms with Crippen LogP contribution in [0.25, 0.3) is 0 Å². The first-order valence-electron chi connectivity index (χ1n) is 7.97. The number of nitrogens with one attached hydrogen (secondary N) is 1. The fourth-order valence-corrected chi connectivity index (χ4v) is 2.38. The van der Waals surface area contributed by atoms with Crippen molar-refractivity contribution in [3.63, 3.8) is 0 Å². The minimum absolute atomic E-state index is 0. The van der Waals surface area contributed by atoms with Crippen LogP contribution in [0.1, 0.15) is 11.1 Å². The predicted molar refractivity (Wildman–Crippen MR) is 115 cm³/mol. The average Bonchev–Trinajstić information content (AvgIpc) is 3.15. The molecular formula is C19H22IN5O. The highest BCUT2D eigenvalue weighted by atomic mass is 127. The first kappa shape index (κ1) is 19.8. The standard InChI is InChI=1S/C19H21N5O.HI/c1-25-18-8-6-17(7-9-18)23-19(20)22-12-15-2-4-16(5-3-15)13-24-11-10-21-14-24;/h2-11,14H,12-13H2,1H3,(H3,20,22,23);1H. The smallest absolute Gasteiger partial charge is 0.193 e. The summed E-state index contributed by atoms with van der Waals surface area (Å²) in [5.74, 6) is 1.18. The number of guanidine groups is 1. The molecule has 2 aromatic carbocycles. The summed E-state index contributed by atoms with van der Waals surface area (Å²) in [6.45, 7) is 1.34. The number of hydrogen-bond acceptors (Lipinski definition) is 3. The van der Waals surface area contributed by atoms with Crippen molar-refractivity contribution in [2.24, 2.45) is 10.7 Å². The molecular weight excluding hydrogens is 441 g/mol. The lowest BCUT2D eigenvalue weighted by molar-refractivity contribution is 0.415. The average molecular weight is 463 g/mol. The molecule has 3 aromatic rings. The molecule has 0 spiro atoms. The van der Waals surface area contributed by atoms with Gasteiger partial charge in [0, 0.05) is 24.6 Å². The van der Waals surface area contributed by atoms with Crippen LogP contribution in [-0.4, -0.2) is 22.6 Å². The number of nitrogens with zero attached hydrogens (tertiary/aromatic N) is 3. The number of aliphatic imine (C=N–C) groups is 1. The number of ether oxygens (including phenoxy) is 1. The van der Waals surface area contributed by atoms with E-state index in [9.17, 15) is 0 Å². The maximum atomic E-state index is 5.94. The first-order valence-corrected chi connectivity index (χ1v) is 7.97. The molecule has 0 atom stereocenters. The number of aromatic nitrogens is 2. The summed E-state index contributed by atoms with van der Waals surface area (Å²) in [5.41, 5.74) is 9.14. The van der Waals surface area contributed by atoms with E-state index in [1.165, 1.54) is 5.56 Å². The molecule has 0 aliphatic rings. The van der Waals surface area contributed by atoms with E-state index >= 15 is 0 Å². The van der Waals surface area contributed by atoms with Crippen LogP contribution >= 0.6 is 24.0 Å². The molecule has 3 N–H and O–H groups in total. The van der Waals surface area contributed by atoms with Gasteiger partial charge in [0.25, 0.3) is 0 Å². The Morgan fingerprint density at radius 3 is 2.42 bits per heavy atom. The van der Waals surface area contributed by atoms with E-state index in [1.807, 2.05) is 41.4 Å². The topological polar surface area (TPSA) is 77.5 Å². The van der Waals surface area contributed by atoms with Crippen molar-refractivity contribution in [1.29, 1.82) is 0 Å². The molecule has 7 heteroatoms. The molecule has 0 aliphatic heterocycles. The van der Waals surface area contributed by atoms with E-state index in [4.69, 9.17) is 10.5 Å². The maximum absolute atomic E-state index is 5.94. The first-order chi connectivity index (χ1) is 12.2. The van der Waals surface area contributed by atoms with Crippen molar-refractivity contribution < 1.29 is 4.74 Å². The van der Waals surface area contributed by atoms with Gasteiger partial charge in [-0.05, 0) is 35.4 Å². The van der Waals surface area contributed by atoms with Crippen LogP contribution in [0.3, 0.4) is 0 Å². The van der Waals surface area contributed by atoms with Gasteiger partial charge in [-0.15, -0.1) is 24.0 Å². The van der Waals surface area contributed by atoms with E-state index in [1.54, 1.807) is 13.3 Å². The Morgan fingerprint density at radius 2 is 1.81 bits per heavy atom. The Morgan fingerprint density at radius 1 is 1.12 bits per heavy atom. The van der Waals surface area contributed by atoms with Gasteiger partial charge < -0.3 is 20.4 Å². The fraction of sp³-hybridized carbons (Fsp3) is 0.158. The van der Waals surface area contributed by atoms with Gasteiger partial charge in [0.1, 0.15) is 5.75 Å². The lowest BCUT2D eigenvalue weighted by atomic mass is 10.1. The number of hydrogen-bond donors (Lipinski definition) is 2. The summed E-state index contributed by atoms with van der Waals surface area (Å²) < 4.78 is 7.16. The second-order valence-corrected chi connectivity index (χ2v) is 5.61. The summed E-state index contributed by atoms with van der Waals surface area (Å²) in [7, 11) is 1.64. The van der Waals surface area contributed by atoms with Crippen LogP contribution in [0, 0.1) is 0 Å². The van der Waals surface area contributed by atoms with Crippen molar-refractivity contribution in [2.75, 3.05) is 12.4 Å². The Bertz CT molecular complexity index is 814. The van der Waals surface area contributed by atoms with Crippen LogP contribution in [0.4, 0.5) is 5.69 Å². The molecule has 0 amide bonds. The molecule has 3 rings (SSSR count). The monoisotopic (exact) mass is 463 g/mol. The van der Waals surface area contributed by atoms with Crippen LogP contribution < -0.4 is 15.8 Å². The van der Waals surface area contributed by atoms with Crippen LogP contribution in [-0.2, 0) is 13.1 Å². The summed E-state index contributed by atoms with van der Waals surface area (Å²) in [6, 6.07) is 15.9. The summed E-state index contributed by atoms with van der Waals surface area (Å²) >= 11 is 0. The van der Waals surface area contributed by atoms with Crippen molar-refractivity contribution in [2.45, 2.75) is 13.1 Å². The molecule has 0 saturated carbocycles. The van der Waals surface area contributed by atoms with E-state index in [0.717, 1.165) is 23.5 Å². The summed E-state index contributed by atoms with van der Waals surface area (Å²) in [4.78, 5) is 8.42. The molecule has 0 saturated heterocycles. The van der Waals surface area contributed by atoms with Gasteiger partial charge in [-0.25, -0.2) is 9.98 Å². The number of rotatable bonds is 6. The Hall–Kier alpha value is -2.55. The molecule has 0 unspecified atom stereocenters. The van der Waals surface area contributed by atoms with Gasteiger partial charge in [-0.3, -0.25) is 0 Å². The predicted octanol–water partition coefficient (Wildman–Crippen LogP) is 3.48. The van der Waals surface area contributed by atoms with Gasteiger partial charge in [-0.1, -0.05) is 24.3 Å². The molecule has 0 bridgehead atoms. The van der Waals surface area contributed by atoms with Crippen molar-refractivity contribution >= 4 is 35.6 Å².